The van der Waals surface area contributed by atoms with E-state index in [2.05, 4.69) is 16.0 Å². The minimum absolute atomic E-state index is 0.0404. The molecule has 27 heavy (non-hydrogen) atoms. The number of carbonyl (C=O) groups excluding carboxylic acids is 4. The topological polar surface area (TPSA) is 123 Å². The highest BCUT2D eigenvalue weighted by atomic mass is 16.6. The molecule has 1 heterocycles. The second-order valence-electron chi connectivity index (χ2n) is 6.07. The van der Waals surface area contributed by atoms with Gasteiger partial charge in [-0.05, 0) is 32.9 Å². The van der Waals surface area contributed by atoms with Gasteiger partial charge in [-0.3, -0.25) is 14.9 Å². The molecule has 0 aromatic heterocycles. The van der Waals surface area contributed by atoms with Crippen LogP contribution in [0.5, 0.6) is 0 Å². The summed E-state index contributed by atoms with van der Waals surface area (Å²) in [5, 5.41) is 7.36. The summed E-state index contributed by atoms with van der Waals surface area (Å²) >= 11 is 0. The van der Waals surface area contributed by atoms with Crippen LogP contribution in [-0.2, 0) is 23.9 Å². The number of nitrogens with one attached hydrogen (secondary N) is 3. The molecule has 3 amide bonds. The van der Waals surface area contributed by atoms with Gasteiger partial charge in [-0.25, -0.2) is 9.59 Å². The lowest BCUT2D eigenvalue weighted by Gasteiger charge is -2.14. The van der Waals surface area contributed by atoms with Crippen LogP contribution in [0.2, 0.25) is 0 Å². The van der Waals surface area contributed by atoms with E-state index >= 15 is 0 Å². The van der Waals surface area contributed by atoms with Gasteiger partial charge in [-0.15, -0.1) is 0 Å². The van der Waals surface area contributed by atoms with E-state index in [4.69, 9.17) is 9.47 Å². The van der Waals surface area contributed by atoms with Crippen molar-refractivity contribution in [2.45, 2.75) is 32.9 Å². The predicted octanol–water partition coefficient (Wildman–Crippen LogP) is 1.08. The van der Waals surface area contributed by atoms with Crippen molar-refractivity contribution in [1.82, 2.24) is 10.6 Å². The number of Topliss-reactive ketones (excluding diaryl/α,β-unsaturated/α-hetero) is 1. The number of esters is 1. The molecule has 9 nitrogen and oxygen atoms in total. The number of amides is 3. The van der Waals surface area contributed by atoms with Crippen LogP contribution in [0.25, 0.3) is 0 Å². The molecule has 1 aliphatic rings. The lowest BCUT2D eigenvalue weighted by molar-refractivity contribution is -0.151. The van der Waals surface area contributed by atoms with Gasteiger partial charge in [0, 0.05) is 11.7 Å². The molecule has 0 fully saturated rings. The largest absolute Gasteiger partial charge is 0.470 e. The quantitative estimate of drug-likeness (QED) is 0.502. The molecule has 0 saturated heterocycles. The third-order valence-electron chi connectivity index (χ3n) is 3.40. The van der Waals surface area contributed by atoms with Gasteiger partial charge in [0.05, 0.1) is 0 Å². The van der Waals surface area contributed by atoms with Crippen molar-refractivity contribution in [1.29, 1.82) is 0 Å². The zero-order valence-corrected chi connectivity index (χ0v) is 15.2. The lowest BCUT2D eigenvalue weighted by Crippen LogP contribution is -2.46. The van der Waals surface area contributed by atoms with Gasteiger partial charge in [0.2, 0.25) is 11.7 Å². The number of benzene rings is 1. The zero-order chi connectivity index (χ0) is 20.0. The standard InChI is InChI=1S/C18H21N3O6/c1-10(2)19-18(25)21-15(23)11(3)27-17(24)14-13(22)9-26-16(14)20-12-7-5-4-6-8-12/h4-8,10-11,20H,9H2,1-3H3,(H2,19,21,23,25)/t11-/m0/s1. The summed E-state index contributed by atoms with van der Waals surface area (Å²) in [6, 6.07) is 7.94. The summed E-state index contributed by atoms with van der Waals surface area (Å²) in [6.45, 7) is 4.44. The van der Waals surface area contributed by atoms with Crippen LogP contribution in [0.15, 0.2) is 41.8 Å². The average Bonchev–Trinajstić information content (AvgIpc) is 2.95. The third kappa shape index (κ3) is 5.56. The normalized spacial score (nSPS) is 14.4. The highest BCUT2D eigenvalue weighted by molar-refractivity contribution is 6.20. The van der Waals surface area contributed by atoms with E-state index in [1.165, 1.54) is 6.92 Å². The number of urea groups is 1. The monoisotopic (exact) mass is 375 g/mol. The molecule has 1 aromatic carbocycles. The highest BCUT2D eigenvalue weighted by Crippen LogP contribution is 2.21. The first-order valence-electron chi connectivity index (χ1n) is 8.32. The number of hydrogen-bond donors (Lipinski definition) is 3. The van der Waals surface area contributed by atoms with E-state index in [9.17, 15) is 19.2 Å². The molecule has 3 N–H and O–H groups in total. The van der Waals surface area contributed by atoms with Crippen molar-refractivity contribution in [3.63, 3.8) is 0 Å². The molecule has 0 aliphatic carbocycles. The molecule has 144 valence electrons. The van der Waals surface area contributed by atoms with Crippen molar-refractivity contribution in [3.05, 3.63) is 41.8 Å². The molecule has 0 saturated carbocycles. The summed E-state index contributed by atoms with van der Waals surface area (Å²) in [5.74, 6) is -2.43. The molecule has 0 unspecified atom stereocenters. The number of ether oxygens (including phenoxy) is 2. The summed E-state index contributed by atoms with van der Waals surface area (Å²) in [7, 11) is 0. The van der Waals surface area contributed by atoms with Gasteiger partial charge in [0.25, 0.3) is 5.91 Å². The number of anilines is 1. The first kappa shape index (κ1) is 20.0. The average molecular weight is 375 g/mol. The Labute approximate surface area is 156 Å². The van der Waals surface area contributed by atoms with Crippen molar-refractivity contribution in [3.8, 4) is 0 Å². The second-order valence-corrected chi connectivity index (χ2v) is 6.07. The molecule has 0 radical (unpaired) electrons. The third-order valence-corrected chi connectivity index (χ3v) is 3.40. The molecular weight excluding hydrogens is 354 g/mol. The maximum Gasteiger partial charge on any atom is 0.348 e. The smallest absolute Gasteiger partial charge is 0.348 e. The van der Waals surface area contributed by atoms with Crippen molar-refractivity contribution >= 4 is 29.4 Å². The minimum atomic E-state index is -1.28. The SMILES string of the molecule is CC(C)NC(=O)NC(=O)[C@H](C)OC(=O)C1=C(Nc2ccccc2)OCC1=O. The molecule has 1 aliphatic heterocycles. The second kappa shape index (κ2) is 8.84. The van der Waals surface area contributed by atoms with Crippen LogP contribution in [-0.4, -0.2) is 42.4 Å². The van der Waals surface area contributed by atoms with Crippen LogP contribution in [0.1, 0.15) is 20.8 Å². The Morgan fingerprint density at radius 1 is 1.11 bits per heavy atom. The van der Waals surface area contributed by atoms with Gasteiger partial charge >= 0.3 is 12.0 Å². The molecule has 0 spiro atoms. The predicted molar refractivity (Wildman–Crippen MR) is 95.4 cm³/mol. The van der Waals surface area contributed by atoms with Gasteiger partial charge in [0.15, 0.2) is 18.3 Å². The Kier molecular flexibility index (Phi) is 6.53. The molecule has 1 atom stereocenters. The number of carbonyl (C=O) groups is 4. The Hall–Kier alpha value is -3.36. The van der Waals surface area contributed by atoms with E-state index < -0.39 is 29.8 Å². The first-order valence-corrected chi connectivity index (χ1v) is 8.32. The zero-order valence-electron chi connectivity index (χ0n) is 15.2. The molecule has 1 aromatic rings. The molecule has 9 heteroatoms. The summed E-state index contributed by atoms with van der Waals surface area (Å²) in [6.07, 6.45) is -1.28. The minimum Gasteiger partial charge on any atom is -0.470 e. The number of hydrogen-bond acceptors (Lipinski definition) is 7. The molecular formula is C18H21N3O6. The van der Waals surface area contributed by atoms with E-state index in [1.54, 1.807) is 38.1 Å². The van der Waals surface area contributed by atoms with Crippen LogP contribution in [0, 0.1) is 0 Å². The van der Waals surface area contributed by atoms with E-state index in [0.717, 1.165) is 0 Å². The lowest BCUT2D eigenvalue weighted by atomic mass is 10.2. The Morgan fingerprint density at radius 3 is 2.41 bits per heavy atom. The van der Waals surface area contributed by atoms with Gasteiger partial charge < -0.3 is 20.1 Å². The van der Waals surface area contributed by atoms with Gasteiger partial charge in [-0.1, -0.05) is 18.2 Å². The Balaban J connectivity index is 2.03. The van der Waals surface area contributed by atoms with Crippen molar-refractivity contribution < 1.29 is 28.7 Å². The number of rotatable bonds is 6. The van der Waals surface area contributed by atoms with Crippen LogP contribution < -0.4 is 16.0 Å². The Bertz CT molecular complexity index is 773. The maximum absolute atomic E-state index is 12.3. The van der Waals surface area contributed by atoms with Crippen LogP contribution in [0.3, 0.4) is 0 Å². The van der Waals surface area contributed by atoms with E-state index in [1.807, 2.05) is 6.07 Å². The van der Waals surface area contributed by atoms with Gasteiger partial charge in [-0.2, -0.15) is 0 Å². The van der Waals surface area contributed by atoms with Gasteiger partial charge in [0.1, 0.15) is 0 Å². The molecule has 0 bridgehead atoms. The fraction of sp³-hybridized carbons (Fsp3) is 0.333. The van der Waals surface area contributed by atoms with Crippen LogP contribution in [0.4, 0.5) is 10.5 Å². The molecule has 2 rings (SSSR count). The van der Waals surface area contributed by atoms with Crippen molar-refractivity contribution in [2.75, 3.05) is 11.9 Å². The maximum atomic E-state index is 12.3. The fourth-order valence-electron chi connectivity index (χ4n) is 2.15. The highest BCUT2D eigenvalue weighted by Gasteiger charge is 2.34. The number of imide groups is 1. The van der Waals surface area contributed by atoms with Crippen molar-refractivity contribution in [2.24, 2.45) is 0 Å². The number of para-hydroxylation sites is 1. The summed E-state index contributed by atoms with van der Waals surface area (Å²) in [5.41, 5.74) is 0.300. The Morgan fingerprint density at radius 2 is 1.78 bits per heavy atom. The van der Waals surface area contributed by atoms with E-state index in [-0.39, 0.29) is 24.1 Å². The number of ketones is 1. The fourth-order valence-corrected chi connectivity index (χ4v) is 2.15. The van der Waals surface area contributed by atoms with Crippen LogP contribution >= 0.6 is 0 Å². The first-order chi connectivity index (χ1) is 12.8. The summed E-state index contributed by atoms with van der Waals surface area (Å²) < 4.78 is 10.2. The summed E-state index contributed by atoms with van der Waals surface area (Å²) in [4.78, 5) is 47.8. The van der Waals surface area contributed by atoms with E-state index in [0.29, 0.717) is 5.69 Å².